The Hall–Kier alpha value is -3.12. The number of piperazine rings is 1. The summed E-state index contributed by atoms with van der Waals surface area (Å²) in [5.41, 5.74) is 4.05. The number of hydrogen-bond donors (Lipinski definition) is 2. The highest BCUT2D eigenvalue weighted by Gasteiger charge is 2.24. The van der Waals surface area contributed by atoms with Crippen molar-refractivity contribution in [1.29, 1.82) is 0 Å². The Morgan fingerprint density at radius 3 is 2.64 bits per heavy atom. The zero-order chi connectivity index (χ0) is 30.5. The third-order valence-electron chi connectivity index (χ3n) is 9.39. The lowest BCUT2D eigenvalue weighted by atomic mass is 9.93. The van der Waals surface area contributed by atoms with Crippen molar-refractivity contribution in [3.8, 4) is 5.75 Å². The van der Waals surface area contributed by atoms with Gasteiger partial charge in [-0.1, -0.05) is 13.0 Å². The van der Waals surface area contributed by atoms with Crippen molar-refractivity contribution < 1.29 is 19.1 Å². The number of nitrogens with one attached hydrogen (secondary N) is 1. The van der Waals surface area contributed by atoms with Gasteiger partial charge in [-0.2, -0.15) is 13.5 Å². The van der Waals surface area contributed by atoms with Crippen LogP contribution >= 0.6 is 13.5 Å². The second-order valence-electron chi connectivity index (χ2n) is 12.5. The number of rotatable bonds is 13. The summed E-state index contributed by atoms with van der Waals surface area (Å²) in [6.07, 6.45) is 6.05. The molecule has 1 saturated heterocycles. The molecule has 3 aromatic rings. The topological polar surface area (TPSA) is 107 Å². The molecule has 0 amide bonds. The minimum Gasteiger partial charge on any atom is -0.486 e. The molecule has 6 rings (SSSR count). The van der Waals surface area contributed by atoms with Crippen LogP contribution in [0.25, 0.3) is 0 Å². The standard InChI is InChI=1S/C34H46N6O4.H2S/c1-3-38-13-15-40(16-14-38)34-19-27(18-33(37-34)36-28-5-4-6-28)31(42)10-8-29(41)21-39-12-11-25-17-30(9-7-26(25)20-39)43-22-32-24(2)35-23-44-32;/h7,9,17-19,23,28-29,41H,3-6,8,10-16,20-22H2,1-2H3,(H,36,37);1H2/t29-;/m0./s1. The number of pyridine rings is 1. The number of aliphatic hydroxyl groups excluding tert-OH is 1. The number of anilines is 2. The van der Waals surface area contributed by atoms with Crippen LogP contribution in [0, 0.1) is 6.92 Å². The normalized spacial score (nSPS) is 18.1. The van der Waals surface area contributed by atoms with Crippen LogP contribution in [0.5, 0.6) is 5.75 Å². The average molecular weight is 637 g/mol. The van der Waals surface area contributed by atoms with Gasteiger partial charge < -0.3 is 29.4 Å². The van der Waals surface area contributed by atoms with Gasteiger partial charge in [0.2, 0.25) is 0 Å². The predicted octanol–water partition coefficient (Wildman–Crippen LogP) is 4.56. The number of β-amino-alcohol motifs (C(OH)–C–C–N with tert-alkyl or cyclic N) is 1. The van der Waals surface area contributed by atoms with E-state index in [0.29, 0.717) is 37.6 Å². The minimum absolute atomic E-state index is 0. The van der Waals surface area contributed by atoms with E-state index in [0.717, 1.165) is 93.9 Å². The highest BCUT2D eigenvalue weighted by Crippen LogP contribution is 2.27. The molecule has 244 valence electrons. The van der Waals surface area contributed by atoms with Crippen molar-refractivity contribution in [3.05, 3.63) is 64.9 Å². The number of ether oxygens (including phenoxy) is 1. The number of aromatic nitrogens is 2. The Morgan fingerprint density at radius 1 is 1.11 bits per heavy atom. The first kappa shape index (κ1) is 33.2. The zero-order valence-corrected chi connectivity index (χ0v) is 27.6. The fraction of sp³-hybridized carbons (Fsp3) is 0.559. The van der Waals surface area contributed by atoms with Gasteiger partial charge in [-0.15, -0.1) is 0 Å². The number of likely N-dealkylation sites (N-methyl/N-ethyl adjacent to an activating group) is 1. The van der Waals surface area contributed by atoms with Crippen molar-refractivity contribution >= 4 is 30.9 Å². The first-order valence-electron chi connectivity index (χ1n) is 16.3. The third-order valence-corrected chi connectivity index (χ3v) is 9.39. The molecule has 2 aliphatic heterocycles. The van der Waals surface area contributed by atoms with Crippen LogP contribution in [-0.2, 0) is 19.6 Å². The SMILES string of the molecule is CCN1CCN(c2cc(C(=O)CC[C@H](O)CN3CCc4cc(OCc5ocnc5C)ccc4C3)cc(NC3CCC3)n2)CC1.S. The summed E-state index contributed by atoms with van der Waals surface area (Å²) < 4.78 is 11.3. The van der Waals surface area contributed by atoms with Gasteiger partial charge >= 0.3 is 0 Å². The molecule has 0 spiro atoms. The molecule has 1 aromatic carbocycles. The smallest absolute Gasteiger partial charge is 0.181 e. The number of aliphatic hydroxyl groups is 1. The van der Waals surface area contributed by atoms with Crippen LogP contribution in [0.2, 0.25) is 0 Å². The largest absolute Gasteiger partial charge is 0.486 e. The molecule has 1 saturated carbocycles. The Bertz CT molecular complexity index is 1420. The monoisotopic (exact) mass is 636 g/mol. The molecule has 4 heterocycles. The van der Waals surface area contributed by atoms with E-state index in [1.807, 2.05) is 25.1 Å². The third kappa shape index (κ3) is 8.58. The maximum Gasteiger partial charge on any atom is 0.181 e. The summed E-state index contributed by atoms with van der Waals surface area (Å²) in [7, 11) is 0. The summed E-state index contributed by atoms with van der Waals surface area (Å²) in [5.74, 6) is 3.29. The lowest BCUT2D eigenvalue weighted by Crippen LogP contribution is -2.46. The Kier molecular flexibility index (Phi) is 11.4. The molecular formula is C34H48N6O4S. The molecule has 0 radical (unpaired) electrons. The number of nitrogens with zero attached hydrogens (tertiary/aromatic N) is 5. The number of oxazole rings is 1. The van der Waals surface area contributed by atoms with Gasteiger partial charge in [-0.3, -0.25) is 9.69 Å². The van der Waals surface area contributed by atoms with E-state index in [1.165, 1.54) is 23.9 Å². The van der Waals surface area contributed by atoms with Crippen LogP contribution in [0.3, 0.4) is 0 Å². The van der Waals surface area contributed by atoms with Gasteiger partial charge in [-0.25, -0.2) is 9.97 Å². The van der Waals surface area contributed by atoms with E-state index >= 15 is 0 Å². The lowest BCUT2D eigenvalue weighted by molar-refractivity contribution is 0.0836. The fourth-order valence-electron chi connectivity index (χ4n) is 6.25. The number of fused-ring (bicyclic) bond motifs is 1. The van der Waals surface area contributed by atoms with Crippen molar-refractivity contribution in [2.24, 2.45) is 0 Å². The summed E-state index contributed by atoms with van der Waals surface area (Å²) >= 11 is 0. The predicted molar refractivity (Wildman–Crippen MR) is 181 cm³/mol. The first-order valence-corrected chi connectivity index (χ1v) is 16.3. The molecule has 2 N–H and O–H groups in total. The van der Waals surface area contributed by atoms with Crippen molar-refractivity contribution in [1.82, 2.24) is 19.8 Å². The molecule has 0 bridgehead atoms. The molecule has 2 fully saturated rings. The van der Waals surface area contributed by atoms with E-state index in [9.17, 15) is 9.90 Å². The van der Waals surface area contributed by atoms with Gasteiger partial charge in [0, 0.05) is 63.8 Å². The van der Waals surface area contributed by atoms with E-state index in [2.05, 4.69) is 44.1 Å². The van der Waals surface area contributed by atoms with Gasteiger partial charge in [0.25, 0.3) is 0 Å². The van der Waals surface area contributed by atoms with Crippen LogP contribution in [0.1, 0.15) is 72.0 Å². The zero-order valence-electron chi connectivity index (χ0n) is 26.6. The quantitative estimate of drug-likeness (QED) is 0.260. The Balaban J connectivity index is 0.00000400. The molecule has 1 aliphatic carbocycles. The van der Waals surface area contributed by atoms with Crippen LogP contribution in [0.15, 0.2) is 41.1 Å². The molecule has 1 atom stereocenters. The van der Waals surface area contributed by atoms with Crippen LogP contribution < -0.4 is 15.0 Å². The maximum atomic E-state index is 13.4. The molecule has 0 unspecified atom stereocenters. The minimum atomic E-state index is -0.566. The second kappa shape index (κ2) is 15.4. The van der Waals surface area contributed by atoms with E-state index < -0.39 is 6.10 Å². The number of aryl methyl sites for hydroxylation is 1. The number of carbonyl (C=O) groups is 1. The molecule has 11 heteroatoms. The summed E-state index contributed by atoms with van der Waals surface area (Å²) in [6.45, 7) is 11.5. The van der Waals surface area contributed by atoms with Crippen LogP contribution in [0.4, 0.5) is 11.6 Å². The van der Waals surface area contributed by atoms with E-state index in [4.69, 9.17) is 14.1 Å². The highest BCUT2D eigenvalue weighted by molar-refractivity contribution is 7.59. The molecular weight excluding hydrogens is 588 g/mol. The van der Waals surface area contributed by atoms with Gasteiger partial charge in [0.1, 0.15) is 24.0 Å². The number of carbonyl (C=O) groups excluding carboxylic acids is 1. The summed E-state index contributed by atoms with van der Waals surface area (Å²) in [5, 5.41) is 14.5. The molecule has 2 aromatic heterocycles. The summed E-state index contributed by atoms with van der Waals surface area (Å²) in [6, 6.07) is 10.5. The fourth-order valence-corrected chi connectivity index (χ4v) is 6.25. The summed E-state index contributed by atoms with van der Waals surface area (Å²) in [4.78, 5) is 29.4. The second-order valence-corrected chi connectivity index (χ2v) is 12.5. The average Bonchev–Trinajstić information content (AvgIpc) is 3.44. The van der Waals surface area contributed by atoms with E-state index in [-0.39, 0.29) is 19.3 Å². The first-order chi connectivity index (χ1) is 21.4. The van der Waals surface area contributed by atoms with Crippen molar-refractivity contribution in [2.45, 2.75) is 77.7 Å². The number of benzene rings is 1. The number of ketones is 1. The Morgan fingerprint density at radius 2 is 1.93 bits per heavy atom. The van der Waals surface area contributed by atoms with Crippen molar-refractivity contribution in [3.63, 3.8) is 0 Å². The molecule has 45 heavy (non-hydrogen) atoms. The van der Waals surface area contributed by atoms with Gasteiger partial charge in [0.15, 0.2) is 17.9 Å². The Labute approximate surface area is 273 Å². The van der Waals surface area contributed by atoms with E-state index in [1.54, 1.807) is 0 Å². The number of hydrogen-bond acceptors (Lipinski definition) is 10. The van der Waals surface area contributed by atoms with Gasteiger partial charge in [-0.05, 0) is 81.0 Å². The molecule has 3 aliphatic rings. The van der Waals surface area contributed by atoms with Gasteiger partial charge in [0.05, 0.1) is 11.8 Å². The number of Topliss-reactive ketones (excluding diaryl/α,β-unsaturated/α-hetero) is 1. The maximum absolute atomic E-state index is 13.4. The van der Waals surface area contributed by atoms with Crippen molar-refractivity contribution in [2.75, 3.05) is 56.0 Å². The lowest BCUT2D eigenvalue weighted by Gasteiger charge is -2.35. The highest BCUT2D eigenvalue weighted by atomic mass is 32.1. The molecule has 10 nitrogen and oxygen atoms in total. The van der Waals surface area contributed by atoms with Crippen LogP contribution in [-0.4, -0.2) is 88.6 Å².